The van der Waals surface area contributed by atoms with Gasteiger partial charge in [-0.25, -0.2) is 4.68 Å². The maximum absolute atomic E-state index is 10.6. The summed E-state index contributed by atoms with van der Waals surface area (Å²) in [5, 5.41) is 24.2. The van der Waals surface area contributed by atoms with E-state index in [-0.39, 0.29) is 6.54 Å². The number of nitrogens with zero attached hydrogens (tertiary/aromatic N) is 4. The van der Waals surface area contributed by atoms with Crippen LogP contribution in [0, 0.1) is 0 Å². The quantitative estimate of drug-likeness (QED) is 0.793. The third kappa shape index (κ3) is 3.53. The van der Waals surface area contributed by atoms with E-state index >= 15 is 0 Å². The second-order valence-corrected chi connectivity index (χ2v) is 5.09. The Morgan fingerprint density at radius 1 is 1.59 bits per heavy atom. The molecular formula is C9H10N4O2S2. The normalized spacial score (nSPS) is 10.6. The van der Waals surface area contributed by atoms with Crippen LogP contribution in [0.5, 0.6) is 0 Å². The van der Waals surface area contributed by atoms with Crippen LogP contribution in [-0.4, -0.2) is 37.0 Å². The second-order valence-electron chi connectivity index (χ2n) is 3.24. The number of aromatic nitrogens is 4. The molecule has 17 heavy (non-hydrogen) atoms. The Morgan fingerprint density at radius 2 is 2.47 bits per heavy atom. The smallest absolute Gasteiger partial charge is 0.325 e. The van der Waals surface area contributed by atoms with Gasteiger partial charge in [0, 0.05) is 5.75 Å². The van der Waals surface area contributed by atoms with Crippen molar-refractivity contribution in [1.29, 1.82) is 0 Å². The molecule has 0 aliphatic carbocycles. The van der Waals surface area contributed by atoms with E-state index in [0.717, 1.165) is 12.2 Å². The number of thiophene rings is 1. The summed E-state index contributed by atoms with van der Waals surface area (Å²) in [5.74, 6) is -0.117. The van der Waals surface area contributed by atoms with E-state index in [9.17, 15) is 4.79 Å². The molecule has 1 N–H and O–H groups in total. The van der Waals surface area contributed by atoms with Crippen LogP contribution in [-0.2, 0) is 17.8 Å². The highest BCUT2D eigenvalue weighted by molar-refractivity contribution is 7.99. The molecule has 2 heterocycles. The van der Waals surface area contributed by atoms with Gasteiger partial charge in [-0.05, 0) is 39.2 Å². The zero-order valence-corrected chi connectivity index (χ0v) is 10.4. The van der Waals surface area contributed by atoms with Gasteiger partial charge in [0.1, 0.15) is 6.54 Å². The van der Waals surface area contributed by atoms with Gasteiger partial charge < -0.3 is 5.11 Å². The van der Waals surface area contributed by atoms with Crippen molar-refractivity contribution in [3.63, 3.8) is 0 Å². The third-order valence-electron chi connectivity index (χ3n) is 1.99. The highest BCUT2D eigenvalue weighted by Crippen LogP contribution is 2.16. The molecular weight excluding hydrogens is 260 g/mol. The number of hydrogen-bond donors (Lipinski definition) is 1. The van der Waals surface area contributed by atoms with Crippen molar-refractivity contribution in [2.75, 3.05) is 5.75 Å². The lowest BCUT2D eigenvalue weighted by Crippen LogP contribution is -2.11. The summed E-state index contributed by atoms with van der Waals surface area (Å²) in [6.07, 6.45) is 0.925. The second kappa shape index (κ2) is 5.78. The molecule has 0 aliphatic heterocycles. The lowest BCUT2D eigenvalue weighted by atomic mass is 10.3. The monoisotopic (exact) mass is 270 g/mol. The number of carbonyl (C=O) groups is 1. The van der Waals surface area contributed by atoms with Crippen LogP contribution in [0.15, 0.2) is 22.0 Å². The zero-order valence-electron chi connectivity index (χ0n) is 8.81. The molecule has 0 saturated heterocycles. The molecule has 0 amide bonds. The molecule has 0 atom stereocenters. The van der Waals surface area contributed by atoms with Crippen LogP contribution in [0.3, 0.4) is 0 Å². The lowest BCUT2D eigenvalue weighted by molar-refractivity contribution is -0.138. The van der Waals surface area contributed by atoms with Gasteiger partial charge in [-0.3, -0.25) is 4.79 Å². The fourth-order valence-corrected chi connectivity index (χ4v) is 2.79. The molecule has 0 aliphatic rings. The van der Waals surface area contributed by atoms with Gasteiger partial charge in [0.25, 0.3) is 0 Å². The molecule has 8 heteroatoms. The van der Waals surface area contributed by atoms with Gasteiger partial charge in [0.05, 0.1) is 0 Å². The summed E-state index contributed by atoms with van der Waals surface area (Å²) in [5.41, 5.74) is 1.28. The van der Waals surface area contributed by atoms with Crippen LogP contribution in [0.4, 0.5) is 0 Å². The minimum atomic E-state index is -0.947. The number of hydrogen-bond acceptors (Lipinski definition) is 6. The Kier molecular flexibility index (Phi) is 4.10. The molecule has 2 aromatic rings. The predicted molar refractivity (Wildman–Crippen MR) is 64.2 cm³/mol. The van der Waals surface area contributed by atoms with Gasteiger partial charge >= 0.3 is 5.97 Å². The summed E-state index contributed by atoms with van der Waals surface area (Å²) < 4.78 is 1.29. The number of aliphatic carboxylic acids is 1. The molecule has 0 spiro atoms. The lowest BCUT2D eigenvalue weighted by Gasteiger charge is -2.00. The van der Waals surface area contributed by atoms with Crippen molar-refractivity contribution in [2.24, 2.45) is 0 Å². The largest absolute Gasteiger partial charge is 0.480 e. The first kappa shape index (κ1) is 12.1. The molecule has 6 nitrogen and oxygen atoms in total. The fraction of sp³-hybridized carbons (Fsp3) is 0.333. The summed E-state index contributed by atoms with van der Waals surface area (Å²) in [7, 11) is 0. The third-order valence-corrected chi connectivity index (χ3v) is 3.68. The van der Waals surface area contributed by atoms with E-state index in [1.165, 1.54) is 22.0 Å². The topological polar surface area (TPSA) is 80.9 Å². The molecule has 0 fully saturated rings. The first-order valence-electron chi connectivity index (χ1n) is 4.87. The Balaban J connectivity index is 1.86. The van der Waals surface area contributed by atoms with Crippen molar-refractivity contribution in [1.82, 2.24) is 20.2 Å². The van der Waals surface area contributed by atoms with E-state index in [2.05, 4.69) is 27.0 Å². The Morgan fingerprint density at radius 3 is 3.18 bits per heavy atom. The summed E-state index contributed by atoms with van der Waals surface area (Å²) >= 11 is 3.13. The van der Waals surface area contributed by atoms with Crippen LogP contribution < -0.4 is 0 Å². The van der Waals surface area contributed by atoms with Crippen LogP contribution in [0.2, 0.25) is 0 Å². The van der Waals surface area contributed by atoms with E-state index in [1.54, 1.807) is 11.3 Å². The first-order valence-corrected chi connectivity index (χ1v) is 6.80. The van der Waals surface area contributed by atoms with E-state index < -0.39 is 5.97 Å². The average molecular weight is 270 g/mol. The molecule has 2 rings (SSSR count). The number of carboxylic acids is 1. The minimum Gasteiger partial charge on any atom is -0.480 e. The maximum atomic E-state index is 10.6. The molecule has 0 aromatic carbocycles. The molecule has 0 unspecified atom stereocenters. The van der Waals surface area contributed by atoms with Crippen molar-refractivity contribution in [2.45, 2.75) is 18.1 Å². The van der Waals surface area contributed by atoms with Crippen molar-refractivity contribution in [3.05, 3.63) is 22.4 Å². The summed E-state index contributed by atoms with van der Waals surface area (Å²) in [4.78, 5) is 10.6. The van der Waals surface area contributed by atoms with Gasteiger partial charge in [0.15, 0.2) is 0 Å². The molecule has 90 valence electrons. The van der Waals surface area contributed by atoms with Crippen LogP contribution >= 0.6 is 23.1 Å². The van der Waals surface area contributed by atoms with Gasteiger partial charge in [0.2, 0.25) is 5.16 Å². The standard InChI is InChI=1S/C9H10N4O2S2/c14-8(15)5-13-9(10-11-12-13)17-4-2-7-1-3-16-6-7/h1,3,6H,2,4-5H2,(H,14,15). The molecule has 0 saturated carbocycles. The summed E-state index contributed by atoms with van der Waals surface area (Å²) in [6.45, 7) is -0.201. The Labute approximate surface area is 106 Å². The van der Waals surface area contributed by atoms with Crippen molar-refractivity contribution in [3.8, 4) is 0 Å². The van der Waals surface area contributed by atoms with Gasteiger partial charge in [-0.15, -0.1) is 5.10 Å². The van der Waals surface area contributed by atoms with Crippen molar-refractivity contribution >= 4 is 29.1 Å². The number of tetrazole rings is 1. The number of rotatable bonds is 6. The predicted octanol–water partition coefficient (Wildman–Crippen LogP) is 1.15. The maximum Gasteiger partial charge on any atom is 0.325 e. The number of carboxylic acid groups (broad SMARTS) is 1. The van der Waals surface area contributed by atoms with E-state index in [4.69, 9.17) is 5.11 Å². The highest BCUT2D eigenvalue weighted by Gasteiger charge is 2.09. The average Bonchev–Trinajstić information content (AvgIpc) is 2.90. The molecule has 0 radical (unpaired) electrons. The number of aryl methyl sites for hydroxylation is 1. The fourth-order valence-electron chi connectivity index (χ4n) is 1.22. The summed E-state index contributed by atoms with van der Waals surface area (Å²) in [6, 6.07) is 2.07. The van der Waals surface area contributed by atoms with Crippen LogP contribution in [0.25, 0.3) is 0 Å². The Bertz CT molecular complexity index is 483. The first-order chi connectivity index (χ1) is 8.25. The Hall–Kier alpha value is -1.41. The van der Waals surface area contributed by atoms with Crippen molar-refractivity contribution < 1.29 is 9.90 Å². The van der Waals surface area contributed by atoms with E-state index in [1.807, 2.05) is 5.38 Å². The van der Waals surface area contributed by atoms with E-state index in [0.29, 0.717) is 5.16 Å². The van der Waals surface area contributed by atoms with Crippen LogP contribution in [0.1, 0.15) is 5.56 Å². The molecule has 2 aromatic heterocycles. The highest BCUT2D eigenvalue weighted by atomic mass is 32.2. The van der Waals surface area contributed by atoms with Gasteiger partial charge in [-0.2, -0.15) is 11.3 Å². The SMILES string of the molecule is O=C(O)Cn1nnnc1SCCc1ccsc1. The van der Waals surface area contributed by atoms with Gasteiger partial charge in [-0.1, -0.05) is 11.8 Å². The number of thioether (sulfide) groups is 1. The minimum absolute atomic E-state index is 0.201. The molecule has 0 bridgehead atoms. The zero-order chi connectivity index (χ0) is 12.1.